The van der Waals surface area contributed by atoms with Crippen molar-refractivity contribution in [3.63, 3.8) is 0 Å². The first-order valence-corrected chi connectivity index (χ1v) is 7.43. The van der Waals surface area contributed by atoms with Gasteiger partial charge in [-0.1, -0.05) is 31.5 Å². The Balaban J connectivity index is 2.42. The first kappa shape index (κ1) is 17.6. The maximum atomic E-state index is 13.5. The van der Waals surface area contributed by atoms with Gasteiger partial charge in [0.2, 0.25) is 0 Å². The van der Waals surface area contributed by atoms with Crippen LogP contribution in [0.2, 0.25) is 0 Å². The number of carbonyl (C=O) groups excluding carboxylic acids is 1. The van der Waals surface area contributed by atoms with Gasteiger partial charge in [-0.3, -0.25) is 10.2 Å². The number of rotatable bonds is 9. The van der Waals surface area contributed by atoms with Gasteiger partial charge in [0.25, 0.3) is 5.91 Å². The molecule has 0 aliphatic rings. The predicted molar refractivity (Wildman–Crippen MR) is 80.4 cm³/mol. The fourth-order valence-corrected chi connectivity index (χ4v) is 2.05. The van der Waals surface area contributed by atoms with Crippen molar-refractivity contribution >= 4 is 5.91 Å². The van der Waals surface area contributed by atoms with E-state index in [1.807, 2.05) is 13.0 Å². The lowest BCUT2D eigenvalue weighted by Gasteiger charge is -2.21. The van der Waals surface area contributed by atoms with Gasteiger partial charge in [0.1, 0.15) is 12.3 Å². The van der Waals surface area contributed by atoms with Gasteiger partial charge in [0, 0.05) is 5.56 Å². The summed E-state index contributed by atoms with van der Waals surface area (Å²) in [6.45, 7) is 3.32. The molecule has 0 fully saturated rings. The lowest BCUT2D eigenvalue weighted by atomic mass is 10.0. The van der Waals surface area contributed by atoms with Gasteiger partial charge in [-0.25, -0.2) is 14.2 Å². The summed E-state index contributed by atoms with van der Waals surface area (Å²) in [4.78, 5) is 11.8. The standard InChI is InChI=1S/C16H24F2N2O/c1-3-7-14(18)10-11-15(12(2)17)19-20-16(21)13-8-5-4-6-9-13/h4-6,8-9,12,14-15,19H,3,7,10-11H2,1-2H3,(H,20,21). The minimum Gasteiger partial charge on any atom is -0.287 e. The van der Waals surface area contributed by atoms with Crippen LogP contribution in [0.25, 0.3) is 0 Å². The molecule has 0 aliphatic heterocycles. The molecule has 5 heteroatoms. The zero-order valence-electron chi connectivity index (χ0n) is 12.6. The highest BCUT2D eigenvalue weighted by Crippen LogP contribution is 2.13. The molecule has 0 radical (unpaired) electrons. The van der Waals surface area contributed by atoms with E-state index in [-0.39, 0.29) is 5.91 Å². The van der Waals surface area contributed by atoms with Crippen molar-refractivity contribution in [1.82, 2.24) is 10.9 Å². The van der Waals surface area contributed by atoms with Gasteiger partial charge < -0.3 is 0 Å². The Kier molecular flexibility index (Phi) is 7.90. The van der Waals surface area contributed by atoms with Crippen LogP contribution in [0, 0.1) is 0 Å². The van der Waals surface area contributed by atoms with Gasteiger partial charge in [-0.2, -0.15) is 0 Å². The van der Waals surface area contributed by atoms with Gasteiger partial charge in [0.15, 0.2) is 0 Å². The summed E-state index contributed by atoms with van der Waals surface area (Å²) in [6, 6.07) is 8.07. The van der Waals surface area contributed by atoms with Gasteiger partial charge in [-0.05, 0) is 38.3 Å². The normalized spacial score (nSPS) is 15.2. The third kappa shape index (κ3) is 6.67. The van der Waals surface area contributed by atoms with E-state index in [9.17, 15) is 13.6 Å². The molecule has 0 aliphatic carbocycles. The van der Waals surface area contributed by atoms with E-state index < -0.39 is 18.4 Å². The van der Waals surface area contributed by atoms with Crippen molar-refractivity contribution in [2.45, 2.75) is 57.9 Å². The molecule has 1 amide bonds. The number of hydrogen-bond acceptors (Lipinski definition) is 2. The van der Waals surface area contributed by atoms with Crippen molar-refractivity contribution in [3.8, 4) is 0 Å². The van der Waals surface area contributed by atoms with Crippen molar-refractivity contribution in [2.75, 3.05) is 0 Å². The van der Waals surface area contributed by atoms with Crippen LogP contribution < -0.4 is 10.9 Å². The zero-order chi connectivity index (χ0) is 15.7. The molecule has 1 aromatic carbocycles. The monoisotopic (exact) mass is 298 g/mol. The van der Waals surface area contributed by atoms with Crippen molar-refractivity contribution in [3.05, 3.63) is 35.9 Å². The molecule has 0 saturated carbocycles. The van der Waals surface area contributed by atoms with E-state index in [2.05, 4.69) is 10.9 Å². The Morgan fingerprint density at radius 2 is 1.81 bits per heavy atom. The molecule has 3 atom stereocenters. The molecule has 1 rings (SSSR count). The SMILES string of the molecule is CCCC(F)CCC(NNC(=O)c1ccccc1)C(C)F. The van der Waals surface area contributed by atoms with E-state index in [0.29, 0.717) is 24.8 Å². The quantitative estimate of drug-likeness (QED) is 0.684. The highest BCUT2D eigenvalue weighted by atomic mass is 19.1. The summed E-state index contributed by atoms with van der Waals surface area (Å²) in [6.07, 6.45) is -0.189. The van der Waals surface area contributed by atoms with E-state index in [1.54, 1.807) is 24.3 Å². The number of benzene rings is 1. The third-order valence-corrected chi connectivity index (χ3v) is 3.35. The average molecular weight is 298 g/mol. The Morgan fingerprint density at radius 3 is 2.38 bits per heavy atom. The zero-order valence-corrected chi connectivity index (χ0v) is 12.6. The first-order valence-electron chi connectivity index (χ1n) is 7.43. The second-order valence-corrected chi connectivity index (χ2v) is 5.21. The fraction of sp³-hybridized carbons (Fsp3) is 0.562. The second kappa shape index (κ2) is 9.45. The summed E-state index contributed by atoms with van der Waals surface area (Å²) in [5.41, 5.74) is 5.65. The van der Waals surface area contributed by atoms with Crippen LogP contribution in [0.15, 0.2) is 30.3 Å². The smallest absolute Gasteiger partial charge is 0.265 e. The minimum absolute atomic E-state index is 0.293. The van der Waals surface area contributed by atoms with E-state index in [4.69, 9.17) is 0 Å². The number of hydrogen-bond donors (Lipinski definition) is 2. The number of alkyl halides is 2. The highest BCUT2D eigenvalue weighted by molar-refractivity contribution is 5.93. The molecule has 0 heterocycles. The summed E-state index contributed by atoms with van der Waals surface area (Å²) < 4.78 is 27.0. The van der Waals surface area contributed by atoms with Crippen LogP contribution in [-0.2, 0) is 0 Å². The molecule has 0 aromatic heterocycles. The summed E-state index contributed by atoms with van der Waals surface area (Å²) in [5, 5.41) is 0. The topological polar surface area (TPSA) is 41.1 Å². The van der Waals surface area contributed by atoms with Crippen LogP contribution in [-0.4, -0.2) is 24.3 Å². The molecule has 2 N–H and O–H groups in total. The van der Waals surface area contributed by atoms with Crippen LogP contribution in [0.1, 0.15) is 49.9 Å². The van der Waals surface area contributed by atoms with Gasteiger partial charge in [0.05, 0.1) is 6.04 Å². The molecular weight excluding hydrogens is 274 g/mol. The number of hydrazine groups is 1. The minimum atomic E-state index is -1.17. The molecule has 21 heavy (non-hydrogen) atoms. The van der Waals surface area contributed by atoms with Crippen molar-refractivity contribution < 1.29 is 13.6 Å². The highest BCUT2D eigenvalue weighted by Gasteiger charge is 2.19. The maximum absolute atomic E-state index is 13.5. The Morgan fingerprint density at radius 1 is 1.14 bits per heavy atom. The Hall–Kier alpha value is -1.49. The molecule has 0 bridgehead atoms. The predicted octanol–water partition coefficient (Wildman–Crippen LogP) is 3.57. The number of nitrogens with one attached hydrogen (secondary N) is 2. The first-order chi connectivity index (χ1) is 10.0. The number of carbonyl (C=O) groups is 1. The third-order valence-electron chi connectivity index (χ3n) is 3.35. The van der Waals surface area contributed by atoms with E-state index in [0.717, 1.165) is 6.42 Å². The lowest BCUT2D eigenvalue weighted by molar-refractivity contribution is 0.0909. The molecule has 3 nitrogen and oxygen atoms in total. The van der Waals surface area contributed by atoms with E-state index >= 15 is 0 Å². The van der Waals surface area contributed by atoms with Crippen LogP contribution in [0.5, 0.6) is 0 Å². The van der Waals surface area contributed by atoms with Crippen LogP contribution in [0.4, 0.5) is 8.78 Å². The molecule has 0 spiro atoms. The summed E-state index contributed by atoms with van der Waals surface area (Å²) in [7, 11) is 0. The number of halogens is 2. The van der Waals surface area contributed by atoms with Crippen molar-refractivity contribution in [2.24, 2.45) is 0 Å². The van der Waals surface area contributed by atoms with E-state index in [1.165, 1.54) is 6.92 Å². The molecule has 118 valence electrons. The van der Waals surface area contributed by atoms with Crippen LogP contribution >= 0.6 is 0 Å². The molecule has 1 aromatic rings. The van der Waals surface area contributed by atoms with Gasteiger partial charge in [-0.15, -0.1) is 0 Å². The van der Waals surface area contributed by atoms with Gasteiger partial charge >= 0.3 is 0 Å². The van der Waals surface area contributed by atoms with Crippen molar-refractivity contribution in [1.29, 1.82) is 0 Å². The van der Waals surface area contributed by atoms with Crippen LogP contribution in [0.3, 0.4) is 0 Å². The Bertz CT molecular complexity index is 412. The maximum Gasteiger partial charge on any atom is 0.265 e. The fourth-order valence-electron chi connectivity index (χ4n) is 2.05. The second-order valence-electron chi connectivity index (χ2n) is 5.21. The lowest BCUT2D eigenvalue weighted by Crippen LogP contribution is -2.48. The molecule has 0 saturated heterocycles. The summed E-state index contributed by atoms with van der Waals surface area (Å²) in [5.74, 6) is -0.327. The molecular formula is C16H24F2N2O. The number of amides is 1. The molecule has 3 unspecified atom stereocenters. The summed E-state index contributed by atoms with van der Waals surface area (Å²) >= 11 is 0. The largest absolute Gasteiger partial charge is 0.287 e. The Labute approximate surface area is 125 Å². The average Bonchev–Trinajstić information content (AvgIpc) is 2.47.